The summed E-state index contributed by atoms with van der Waals surface area (Å²) in [7, 11) is 0. The van der Waals surface area contributed by atoms with Gasteiger partial charge in [0.2, 0.25) is 0 Å². The molecular weight excluding hydrogens is 244 g/mol. The van der Waals surface area contributed by atoms with Gasteiger partial charge in [-0.15, -0.1) is 0 Å². The number of rotatable bonds is 5. The van der Waals surface area contributed by atoms with Crippen LogP contribution >= 0.6 is 0 Å². The molecule has 20 heavy (non-hydrogen) atoms. The fraction of sp³-hybridized carbons (Fsp3) is 0.667. The first-order chi connectivity index (χ1) is 9.85. The summed E-state index contributed by atoms with van der Waals surface area (Å²) in [5.41, 5.74) is 6.49. The van der Waals surface area contributed by atoms with Gasteiger partial charge in [-0.1, -0.05) is 26.0 Å². The van der Waals surface area contributed by atoms with E-state index in [4.69, 9.17) is 0 Å². The fourth-order valence-corrected chi connectivity index (χ4v) is 4.07. The van der Waals surface area contributed by atoms with Gasteiger partial charge >= 0.3 is 0 Å². The van der Waals surface area contributed by atoms with Gasteiger partial charge in [-0.3, -0.25) is 4.90 Å². The number of hydrogen-bond acceptors (Lipinski definition) is 2. The van der Waals surface area contributed by atoms with Crippen LogP contribution in [0.5, 0.6) is 0 Å². The van der Waals surface area contributed by atoms with E-state index in [1.807, 2.05) is 0 Å². The van der Waals surface area contributed by atoms with Crippen LogP contribution in [0, 0.1) is 0 Å². The molecule has 0 saturated carbocycles. The van der Waals surface area contributed by atoms with Gasteiger partial charge in [-0.2, -0.15) is 0 Å². The summed E-state index contributed by atoms with van der Waals surface area (Å²) >= 11 is 0. The van der Waals surface area contributed by atoms with Crippen molar-refractivity contribution in [1.82, 2.24) is 10.2 Å². The zero-order valence-electron chi connectivity index (χ0n) is 13.0. The molecule has 0 bridgehead atoms. The van der Waals surface area contributed by atoms with Crippen LogP contribution in [0.1, 0.15) is 52.4 Å². The monoisotopic (exact) mass is 272 g/mol. The normalized spacial score (nSPS) is 25.1. The Bertz CT molecular complexity index is 450. The van der Waals surface area contributed by atoms with Crippen LogP contribution in [-0.4, -0.2) is 30.6 Å². The van der Waals surface area contributed by atoms with E-state index in [-0.39, 0.29) is 0 Å². The largest absolute Gasteiger partial charge is 0.388 e. The van der Waals surface area contributed by atoms with Gasteiger partial charge in [0.15, 0.2) is 0 Å². The number of allylic oxidation sites excluding steroid dienone is 3. The van der Waals surface area contributed by atoms with E-state index in [1.54, 1.807) is 16.7 Å². The van der Waals surface area contributed by atoms with E-state index >= 15 is 0 Å². The molecule has 1 unspecified atom stereocenters. The van der Waals surface area contributed by atoms with Gasteiger partial charge in [-0.25, -0.2) is 0 Å². The Hall–Kier alpha value is -1.02. The lowest BCUT2D eigenvalue weighted by Crippen LogP contribution is -2.41. The highest BCUT2D eigenvalue weighted by Crippen LogP contribution is 2.40. The maximum Gasteiger partial charge on any atom is 0.0371 e. The topological polar surface area (TPSA) is 15.3 Å². The highest BCUT2D eigenvalue weighted by molar-refractivity contribution is 5.53. The highest BCUT2D eigenvalue weighted by atomic mass is 15.2. The number of fused-ring (bicyclic) bond motifs is 1. The SMILES string of the molecule is CCCN(CCC)C1CC2=C(CCN2)C2=C1CCC=C2. The molecule has 0 radical (unpaired) electrons. The Morgan fingerprint density at radius 3 is 2.75 bits per heavy atom. The molecule has 0 spiro atoms. The first-order valence-corrected chi connectivity index (χ1v) is 8.45. The smallest absolute Gasteiger partial charge is 0.0371 e. The molecule has 0 aromatic carbocycles. The van der Waals surface area contributed by atoms with E-state index in [9.17, 15) is 0 Å². The van der Waals surface area contributed by atoms with E-state index in [2.05, 4.69) is 36.2 Å². The summed E-state index contributed by atoms with van der Waals surface area (Å²) < 4.78 is 0. The molecule has 2 heteroatoms. The minimum atomic E-state index is 0.652. The molecule has 1 aliphatic heterocycles. The van der Waals surface area contributed by atoms with Gasteiger partial charge in [-0.05, 0) is 61.9 Å². The molecule has 0 fully saturated rings. The standard InChI is InChI=1S/C18H28N2/c1-3-11-20(12-4-2)18-13-17-15(9-10-19-17)14-7-5-6-8-16(14)18/h5,7,18-19H,3-4,6,8-13H2,1-2H3. The van der Waals surface area contributed by atoms with Crippen molar-refractivity contribution < 1.29 is 0 Å². The van der Waals surface area contributed by atoms with Crippen LogP contribution in [0.3, 0.4) is 0 Å². The van der Waals surface area contributed by atoms with Crippen LogP contribution in [-0.2, 0) is 0 Å². The van der Waals surface area contributed by atoms with Gasteiger partial charge in [0.05, 0.1) is 0 Å². The van der Waals surface area contributed by atoms with Crippen LogP contribution in [0.25, 0.3) is 0 Å². The summed E-state index contributed by atoms with van der Waals surface area (Å²) in [6, 6.07) is 0.652. The van der Waals surface area contributed by atoms with E-state index in [0.717, 1.165) is 6.54 Å². The number of nitrogens with one attached hydrogen (secondary N) is 1. The highest BCUT2D eigenvalue weighted by Gasteiger charge is 2.33. The van der Waals surface area contributed by atoms with Crippen LogP contribution < -0.4 is 5.32 Å². The van der Waals surface area contributed by atoms with Crippen molar-refractivity contribution in [2.24, 2.45) is 0 Å². The van der Waals surface area contributed by atoms with Crippen molar-refractivity contribution in [1.29, 1.82) is 0 Å². The quantitative estimate of drug-likeness (QED) is 0.819. The summed E-state index contributed by atoms with van der Waals surface area (Å²) in [4.78, 5) is 2.73. The lowest BCUT2D eigenvalue weighted by Gasteiger charge is -2.38. The predicted molar refractivity (Wildman–Crippen MR) is 85.6 cm³/mol. The Morgan fingerprint density at radius 2 is 2.00 bits per heavy atom. The first kappa shape index (κ1) is 13.9. The molecule has 0 amide bonds. The Morgan fingerprint density at radius 1 is 1.20 bits per heavy atom. The molecule has 1 atom stereocenters. The molecule has 0 aromatic rings. The minimum Gasteiger partial charge on any atom is -0.388 e. The lowest BCUT2D eigenvalue weighted by molar-refractivity contribution is 0.212. The van der Waals surface area contributed by atoms with Crippen molar-refractivity contribution >= 4 is 0 Å². The van der Waals surface area contributed by atoms with Crippen molar-refractivity contribution in [2.45, 2.75) is 58.4 Å². The van der Waals surface area contributed by atoms with Crippen molar-refractivity contribution in [3.63, 3.8) is 0 Å². The van der Waals surface area contributed by atoms with Gasteiger partial charge in [0, 0.05) is 24.7 Å². The average Bonchev–Trinajstić information content (AvgIpc) is 2.95. The summed E-state index contributed by atoms with van der Waals surface area (Å²) in [5, 5.41) is 3.65. The van der Waals surface area contributed by atoms with E-state index in [0.29, 0.717) is 6.04 Å². The minimum absolute atomic E-state index is 0.652. The molecule has 0 aromatic heterocycles. The molecule has 3 rings (SSSR count). The summed E-state index contributed by atoms with van der Waals surface area (Å²) in [6.07, 6.45) is 12.3. The molecule has 2 nitrogen and oxygen atoms in total. The molecule has 110 valence electrons. The van der Waals surface area contributed by atoms with E-state index < -0.39 is 0 Å². The van der Waals surface area contributed by atoms with Crippen molar-refractivity contribution in [3.8, 4) is 0 Å². The van der Waals surface area contributed by atoms with Gasteiger partial charge < -0.3 is 5.32 Å². The second-order valence-electron chi connectivity index (χ2n) is 6.27. The third-order valence-electron chi connectivity index (χ3n) is 4.88. The second kappa shape index (κ2) is 6.17. The molecule has 3 aliphatic rings. The predicted octanol–water partition coefficient (Wildman–Crippen LogP) is 3.77. The Balaban J connectivity index is 1.92. The molecule has 0 saturated heterocycles. The van der Waals surface area contributed by atoms with Crippen LogP contribution in [0.2, 0.25) is 0 Å². The molecule has 2 aliphatic carbocycles. The number of hydrogen-bond donors (Lipinski definition) is 1. The molecule has 1 heterocycles. The zero-order valence-corrected chi connectivity index (χ0v) is 13.0. The number of nitrogens with zero attached hydrogens (tertiary/aromatic N) is 1. The zero-order chi connectivity index (χ0) is 13.9. The summed E-state index contributed by atoms with van der Waals surface area (Å²) in [5.74, 6) is 0. The van der Waals surface area contributed by atoms with E-state index in [1.165, 1.54) is 57.3 Å². The first-order valence-electron chi connectivity index (χ1n) is 8.45. The van der Waals surface area contributed by atoms with Crippen molar-refractivity contribution in [3.05, 3.63) is 34.6 Å². The van der Waals surface area contributed by atoms with Crippen LogP contribution in [0.15, 0.2) is 34.6 Å². The van der Waals surface area contributed by atoms with Crippen LogP contribution in [0.4, 0.5) is 0 Å². The Labute approximate surface area is 123 Å². The van der Waals surface area contributed by atoms with Gasteiger partial charge in [0.25, 0.3) is 0 Å². The fourth-order valence-electron chi connectivity index (χ4n) is 4.07. The third-order valence-corrected chi connectivity index (χ3v) is 4.88. The average molecular weight is 272 g/mol. The van der Waals surface area contributed by atoms with Gasteiger partial charge in [0.1, 0.15) is 0 Å². The Kier molecular flexibility index (Phi) is 4.30. The maximum absolute atomic E-state index is 3.65. The summed E-state index contributed by atoms with van der Waals surface area (Å²) in [6.45, 7) is 8.23. The molecule has 1 N–H and O–H groups in total. The maximum atomic E-state index is 3.65. The molecular formula is C18H28N2. The van der Waals surface area contributed by atoms with Crippen molar-refractivity contribution in [2.75, 3.05) is 19.6 Å². The lowest BCUT2D eigenvalue weighted by atomic mass is 9.80. The third kappa shape index (κ3) is 2.46. The second-order valence-corrected chi connectivity index (χ2v) is 6.27.